The van der Waals surface area contributed by atoms with E-state index < -0.39 is 0 Å². The van der Waals surface area contributed by atoms with Gasteiger partial charge in [-0.05, 0) is 60.2 Å². The molecule has 0 fully saturated rings. The molecule has 0 saturated heterocycles. The standard InChI is InChI=1S/C30H26F2/c1-3-22(27-14-4-6-16-29(27)31)18-21(2)23-10-8-11-24(19-23)25-12-9-13-26(20-25)28-15-5-7-17-30(28)32/h3-11,13-20,25H,12H2,1-2H3/b21-18+,22-3+. The lowest BCUT2D eigenvalue weighted by Gasteiger charge is -2.19. The molecular weight excluding hydrogens is 398 g/mol. The van der Waals surface area contributed by atoms with E-state index >= 15 is 0 Å². The quantitative estimate of drug-likeness (QED) is 0.360. The molecule has 0 saturated carbocycles. The lowest BCUT2D eigenvalue weighted by molar-refractivity contribution is 0.623. The van der Waals surface area contributed by atoms with Crippen LogP contribution in [0.4, 0.5) is 8.78 Å². The van der Waals surface area contributed by atoms with Crippen LogP contribution in [-0.4, -0.2) is 0 Å². The molecule has 0 aromatic heterocycles. The molecule has 0 bridgehead atoms. The summed E-state index contributed by atoms with van der Waals surface area (Å²) >= 11 is 0. The third-order valence-corrected chi connectivity index (χ3v) is 5.89. The lowest BCUT2D eigenvalue weighted by atomic mass is 9.86. The van der Waals surface area contributed by atoms with Crippen molar-refractivity contribution >= 4 is 16.7 Å². The fraction of sp³-hybridized carbons (Fsp3) is 0.133. The Morgan fingerprint density at radius 2 is 1.66 bits per heavy atom. The van der Waals surface area contributed by atoms with Gasteiger partial charge in [0.05, 0.1) is 0 Å². The molecule has 3 aromatic carbocycles. The summed E-state index contributed by atoms with van der Waals surface area (Å²) in [5.41, 5.74) is 6.33. The second-order valence-electron chi connectivity index (χ2n) is 8.02. The van der Waals surface area contributed by atoms with Crippen molar-refractivity contribution in [2.45, 2.75) is 26.2 Å². The minimum atomic E-state index is -0.224. The first-order chi connectivity index (χ1) is 15.6. The molecule has 0 spiro atoms. The minimum Gasteiger partial charge on any atom is -0.206 e. The third kappa shape index (κ3) is 4.70. The normalized spacial score (nSPS) is 16.8. The van der Waals surface area contributed by atoms with Gasteiger partial charge in [0.25, 0.3) is 0 Å². The van der Waals surface area contributed by atoms with Crippen molar-refractivity contribution in [1.29, 1.82) is 0 Å². The molecule has 0 nitrogen and oxygen atoms in total. The highest BCUT2D eigenvalue weighted by Gasteiger charge is 2.15. The molecule has 4 rings (SSSR count). The van der Waals surface area contributed by atoms with Gasteiger partial charge in [-0.15, -0.1) is 0 Å². The number of halogens is 2. The molecule has 160 valence electrons. The van der Waals surface area contributed by atoms with Crippen molar-refractivity contribution in [3.63, 3.8) is 0 Å². The highest BCUT2D eigenvalue weighted by atomic mass is 19.1. The van der Waals surface area contributed by atoms with E-state index in [1.807, 2.05) is 50.3 Å². The average Bonchev–Trinajstić information content (AvgIpc) is 2.83. The Balaban J connectivity index is 1.64. The van der Waals surface area contributed by atoms with Gasteiger partial charge in [0.1, 0.15) is 11.6 Å². The maximum atomic E-state index is 14.3. The van der Waals surface area contributed by atoms with Gasteiger partial charge in [-0.3, -0.25) is 0 Å². The van der Waals surface area contributed by atoms with E-state index in [1.54, 1.807) is 18.2 Å². The summed E-state index contributed by atoms with van der Waals surface area (Å²) in [5.74, 6) is -0.253. The van der Waals surface area contributed by atoms with E-state index in [0.29, 0.717) is 11.1 Å². The number of rotatable bonds is 5. The minimum absolute atomic E-state index is 0.176. The van der Waals surface area contributed by atoms with Crippen LogP contribution in [0.15, 0.2) is 103 Å². The summed E-state index contributed by atoms with van der Waals surface area (Å²) in [6.45, 7) is 3.97. The monoisotopic (exact) mass is 424 g/mol. The second-order valence-corrected chi connectivity index (χ2v) is 8.02. The van der Waals surface area contributed by atoms with E-state index in [-0.39, 0.29) is 17.6 Å². The van der Waals surface area contributed by atoms with Crippen molar-refractivity contribution in [2.24, 2.45) is 0 Å². The fourth-order valence-electron chi connectivity index (χ4n) is 4.13. The Morgan fingerprint density at radius 3 is 2.41 bits per heavy atom. The summed E-state index contributed by atoms with van der Waals surface area (Å²) in [5, 5.41) is 0. The Labute approximate surface area is 188 Å². The summed E-state index contributed by atoms with van der Waals surface area (Å²) in [6.07, 6.45) is 11.1. The molecule has 3 aromatic rings. The molecule has 0 amide bonds. The first-order valence-corrected chi connectivity index (χ1v) is 10.9. The molecule has 0 aliphatic heterocycles. The zero-order valence-corrected chi connectivity index (χ0v) is 18.4. The number of allylic oxidation sites excluding steroid dienone is 8. The van der Waals surface area contributed by atoms with E-state index in [2.05, 4.69) is 36.4 Å². The van der Waals surface area contributed by atoms with Crippen LogP contribution in [0.25, 0.3) is 16.7 Å². The molecule has 1 atom stereocenters. The third-order valence-electron chi connectivity index (χ3n) is 5.89. The number of hydrogen-bond acceptors (Lipinski definition) is 0. The van der Waals surface area contributed by atoms with E-state index in [1.165, 1.54) is 17.7 Å². The highest BCUT2D eigenvalue weighted by Crippen LogP contribution is 2.33. The number of hydrogen-bond donors (Lipinski definition) is 0. The van der Waals surface area contributed by atoms with E-state index in [9.17, 15) is 8.78 Å². The van der Waals surface area contributed by atoms with Crippen LogP contribution in [0.3, 0.4) is 0 Å². The fourth-order valence-corrected chi connectivity index (χ4v) is 4.13. The molecule has 0 heterocycles. The van der Waals surface area contributed by atoms with Crippen LogP contribution in [0, 0.1) is 11.6 Å². The Morgan fingerprint density at radius 1 is 0.906 bits per heavy atom. The highest BCUT2D eigenvalue weighted by molar-refractivity contribution is 5.83. The van der Waals surface area contributed by atoms with Crippen LogP contribution >= 0.6 is 0 Å². The van der Waals surface area contributed by atoms with Crippen molar-refractivity contribution in [2.75, 3.05) is 0 Å². The molecule has 2 heteroatoms. The summed E-state index contributed by atoms with van der Waals surface area (Å²) in [7, 11) is 0. The predicted octanol–water partition coefficient (Wildman–Crippen LogP) is 8.60. The summed E-state index contributed by atoms with van der Waals surface area (Å²) in [6, 6.07) is 22.1. The molecule has 32 heavy (non-hydrogen) atoms. The molecule has 0 N–H and O–H groups in total. The van der Waals surface area contributed by atoms with Gasteiger partial charge in [-0.2, -0.15) is 0 Å². The van der Waals surface area contributed by atoms with Gasteiger partial charge in [0.15, 0.2) is 0 Å². The lowest BCUT2D eigenvalue weighted by Crippen LogP contribution is -2.01. The Hall–Kier alpha value is -3.52. The van der Waals surface area contributed by atoms with Crippen LogP contribution in [0.1, 0.15) is 48.4 Å². The van der Waals surface area contributed by atoms with E-state index in [4.69, 9.17) is 0 Å². The maximum Gasteiger partial charge on any atom is 0.131 e. The Kier molecular flexibility index (Phi) is 6.61. The maximum absolute atomic E-state index is 14.3. The molecule has 0 radical (unpaired) electrons. The van der Waals surface area contributed by atoms with Gasteiger partial charge in [0.2, 0.25) is 0 Å². The van der Waals surface area contributed by atoms with Gasteiger partial charge in [-0.25, -0.2) is 8.78 Å². The zero-order chi connectivity index (χ0) is 22.5. The first kappa shape index (κ1) is 21.7. The van der Waals surface area contributed by atoms with Gasteiger partial charge in [-0.1, -0.05) is 91.0 Å². The van der Waals surface area contributed by atoms with Crippen LogP contribution in [0.2, 0.25) is 0 Å². The van der Waals surface area contributed by atoms with Gasteiger partial charge < -0.3 is 0 Å². The smallest absolute Gasteiger partial charge is 0.131 e. The van der Waals surface area contributed by atoms with Crippen molar-refractivity contribution in [1.82, 2.24) is 0 Å². The topological polar surface area (TPSA) is 0 Å². The summed E-state index contributed by atoms with van der Waals surface area (Å²) in [4.78, 5) is 0. The number of benzene rings is 3. The zero-order valence-electron chi connectivity index (χ0n) is 18.4. The first-order valence-electron chi connectivity index (χ1n) is 10.9. The SMILES string of the molecule is C/C=C(\C=C(/C)c1cccc(C2C=C(c3ccccc3F)C=CC2)c1)c1ccccc1F. The molecular formula is C30H26F2. The summed E-state index contributed by atoms with van der Waals surface area (Å²) < 4.78 is 28.6. The molecule has 1 unspecified atom stereocenters. The van der Waals surface area contributed by atoms with E-state index in [0.717, 1.165) is 28.7 Å². The van der Waals surface area contributed by atoms with Crippen LogP contribution in [0.5, 0.6) is 0 Å². The predicted molar refractivity (Wildman–Crippen MR) is 131 cm³/mol. The van der Waals surface area contributed by atoms with Crippen molar-refractivity contribution in [3.8, 4) is 0 Å². The van der Waals surface area contributed by atoms with Gasteiger partial charge >= 0.3 is 0 Å². The van der Waals surface area contributed by atoms with Crippen molar-refractivity contribution < 1.29 is 8.78 Å². The molecule has 1 aliphatic rings. The average molecular weight is 425 g/mol. The largest absolute Gasteiger partial charge is 0.206 e. The Bertz CT molecular complexity index is 1240. The van der Waals surface area contributed by atoms with Crippen molar-refractivity contribution in [3.05, 3.63) is 137 Å². The van der Waals surface area contributed by atoms with Crippen LogP contribution < -0.4 is 0 Å². The molecule has 1 aliphatic carbocycles. The van der Waals surface area contributed by atoms with Gasteiger partial charge in [0, 0.05) is 17.0 Å². The second kappa shape index (κ2) is 9.74. The van der Waals surface area contributed by atoms with Crippen LogP contribution in [-0.2, 0) is 0 Å².